The molecule has 6 heteroatoms. The number of aromatic amines is 1. The zero-order chi connectivity index (χ0) is 15.2. The molecule has 0 atom stereocenters. The van der Waals surface area contributed by atoms with Gasteiger partial charge in [0.25, 0.3) is 5.91 Å². The van der Waals surface area contributed by atoms with E-state index in [9.17, 15) is 9.59 Å². The molecule has 21 heavy (non-hydrogen) atoms. The summed E-state index contributed by atoms with van der Waals surface area (Å²) in [5, 5.41) is 2.85. The Morgan fingerprint density at radius 1 is 1.33 bits per heavy atom. The Bertz CT molecular complexity index is 622. The topological polar surface area (TPSA) is 78.1 Å². The van der Waals surface area contributed by atoms with Crippen LogP contribution in [0.1, 0.15) is 23.0 Å². The zero-order valence-corrected chi connectivity index (χ0v) is 12.1. The summed E-state index contributed by atoms with van der Waals surface area (Å²) in [6.45, 7) is 1.96. The first-order valence-electron chi connectivity index (χ1n) is 6.68. The highest BCUT2D eigenvalue weighted by atomic mass is 16.2. The van der Waals surface area contributed by atoms with Crippen molar-refractivity contribution in [3.8, 4) is 0 Å². The van der Waals surface area contributed by atoms with Crippen LogP contribution in [0.25, 0.3) is 0 Å². The number of nitrogens with one attached hydrogen (secondary N) is 2. The van der Waals surface area contributed by atoms with Gasteiger partial charge < -0.3 is 15.2 Å². The van der Waals surface area contributed by atoms with E-state index in [0.717, 1.165) is 5.69 Å². The Morgan fingerprint density at radius 3 is 2.76 bits per heavy atom. The fraction of sp³-hybridized carbons (Fsp3) is 0.267. The number of amides is 2. The van der Waals surface area contributed by atoms with Crippen LogP contribution < -0.4 is 10.2 Å². The molecule has 0 fully saturated rings. The monoisotopic (exact) mass is 286 g/mol. The number of benzene rings is 1. The van der Waals surface area contributed by atoms with E-state index in [1.54, 1.807) is 43.8 Å². The van der Waals surface area contributed by atoms with Crippen LogP contribution in [0.5, 0.6) is 0 Å². The second-order valence-corrected chi connectivity index (χ2v) is 4.68. The summed E-state index contributed by atoms with van der Waals surface area (Å²) in [6.07, 6.45) is 4.01. The van der Waals surface area contributed by atoms with Crippen LogP contribution in [0.2, 0.25) is 0 Å². The molecule has 2 amide bonds. The van der Waals surface area contributed by atoms with E-state index >= 15 is 0 Å². The van der Waals surface area contributed by atoms with Crippen molar-refractivity contribution in [2.24, 2.45) is 0 Å². The van der Waals surface area contributed by atoms with Gasteiger partial charge in [0.05, 0.1) is 17.6 Å². The third-order valence-corrected chi connectivity index (χ3v) is 3.22. The largest absolute Gasteiger partial charge is 0.352 e. The van der Waals surface area contributed by atoms with E-state index in [1.165, 1.54) is 11.8 Å². The lowest BCUT2D eigenvalue weighted by atomic mass is 10.1. The van der Waals surface area contributed by atoms with Gasteiger partial charge in [0.15, 0.2) is 0 Å². The summed E-state index contributed by atoms with van der Waals surface area (Å²) >= 11 is 0. The standard InChI is InChI=1S/C15H18N4O2/c1-11(20)19(2)14-6-4-3-5-13(14)15(21)17-8-7-12-9-16-10-18-12/h3-6,9-10H,7-8H2,1-2H3,(H,16,18)(H,17,21). The second-order valence-electron chi connectivity index (χ2n) is 4.68. The first-order valence-corrected chi connectivity index (χ1v) is 6.68. The number of hydrogen-bond donors (Lipinski definition) is 2. The average molecular weight is 286 g/mol. The summed E-state index contributed by atoms with van der Waals surface area (Å²) in [7, 11) is 1.65. The van der Waals surface area contributed by atoms with Gasteiger partial charge in [-0.25, -0.2) is 4.98 Å². The zero-order valence-electron chi connectivity index (χ0n) is 12.1. The Morgan fingerprint density at radius 2 is 2.10 bits per heavy atom. The van der Waals surface area contributed by atoms with Gasteiger partial charge in [-0.1, -0.05) is 12.1 Å². The van der Waals surface area contributed by atoms with E-state index in [-0.39, 0.29) is 11.8 Å². The summed E-state index contributed by atoms with van der Waals surface area (Å²) in [6, 6.07) is 7.04. The number of nitrogens with zero attached hydrogens (tertiary/aromatic N) is 2. The highest BCUT2D eigenvalue weighted by Gasteiger charge is 2.15. The Kier molecular flexibility index (Phi) is 4.71. The van der Waals surface area contributed by atoms with Gasteiger partial charge in [-0.3, -0.25) is 9.59 Å². The van der Waals surface area contributed by atoms with Crippen LogP contribution in [0, 0.1) is 0 Å². The van der Waals surface area contributed by atoms with E-state index < -0.39 is 0 Å². The maximum Gasteiger partial charge on any atom is 0.253 e. The van der Waals surface area contributed by atoms with Crippen molar-refractivity contribution in [1.82, 2.24) is 15.3 Å². The van der Waals surface area contributed by atoms with Gasteiger partial charge >= 0.3 is 0 Å². The smallest absolute Gasteiger partial charge is 0.253 e. The van der Waals surface area contributed by atoms with Gasteiger partial charge in [-0.15, -0.1) is 0 Å². The second kappa shape index (κ2) is 6.69. The van der Waals surface area contributed by atoms with Crippen LogP contribution >= 0.6 is 0 Å². The van der Waals surface area contributed by atoms with Crippen LogP contribution in [-0.2, 0) is 11.2 Å². The summed E-state index contributed by atoms with van der Waals surface area (Å²) in [4.78, 5) is 32.1. The first kappa shape index (κ1) is 14.8. The number of hydrogen-bond acceptors (Lipinski definition) is 3. The average Bonchev–Trinajstić information content (AvgIpc) is 2.99. The minimum absolute atomic E-state index is 0.118. The number of carbonyl (C=O) groups is 2. The number of imidazole rings is 1. The van der Waals surface area contributed by atoms with Crippen molar-refractivity contribution in [2.75, 3.05) is 18.5 Å². The van der Waals surface area contributed by atoms with Crippen LogP contribution in [0.3, 0.4) is 0 Å². The molecule has 2 rings (SSSR count). The summed E-state index contributed by atoms with van der Waals surface area (Å²) < 4.78 is 0. The third-order valence-electron chi connectivity index (χ3n) is 3.22. The quantitative estimate of drug-likeness (QED) is 0.871. The fourth-order valence-electron chi connectivity index (χ4n) is 1.96. The molecule has 0 spiro atoms. The van der Waals surface area contributed by atoms with Gasteiger partial charge in [-0.05, 0) is 12.1 Å². The lowest BCUT2D eigenvalue weighted by Gasteiger charge is -2.18. The van der Waals surface area contributed by atoms with Crippen molar-refractivity contribution >= 4 is 17.5 Å². The fourth-order valence-corrected chi connectivity index (χ4v) is 1.96. The lowest BCUT2D eigenvalue weighted by Crippen LogP contribution is -2.30. The molecule has 1 aromatic carbocycles. The number of anilines is 1. The molecular formula is C15H18N4O2. The number of carbonyl (C=O) groups excluding carboxylic acids is 2. The van der Waals surface area contributed by atoms with Gasteiger partial charge in [0.1, 0.15) is 0 Å². The van der Waals surface area contributed by atoms with Crippen molar-refractivity contribution in [2.45, 2.75) is 13.3 Å². The predicted molar refractivity (Wildman–Crippen MR) is 80.2 cm³/mol. The first-order chi connectivity index (χ1) is 10.1. The van der Waals surface area contributed by atoms with E-state index in [2.05, 4.69) is 15.3 Å². The van der Waals surface area contributed by atoms with Crippen molar-refractivity contribution in [1.29, 1.82) is 0 Å². The van der Waals surface area contributed by atoms with Crippen molar-refractivity contribution in [3.63, 3.8) is 0 Å². The minimum Gasteiger partial charge on any atom is -0.352 e. The molecule has 2 aromatic rings. The molecule has 110 valence electrons. The van der Waals surface area contributed by atoms with E-state index in [1.807, 2.05) is 0 Å². The molecule has 0 unspecified atom stereocenters. The van der Waals surface area contributed by atoms with Crippen LogP contribution in [0.4, 0.5) is 5.69 Å². The highest BCUT2D eigenvalue weighted by Crippen LogP contribution is 2.19. The third kappa shape index (κ3) is 3.68. The molecule has 6 nitrogen and oxygen atoms in total. The van der Waals surface area contributed by atoms with E-state index in [0.29, 0.717) is 24.2 Å². The van der Waals surface area contributed by atoms with Crippen LogP contribution in [-0.4, -0.2) is 35.4 Å². The number of para-hydroxylation sites is 1. The van der Waals surface area contributed by atoms with E-state index in [4.69, 9.17) is 0 Å². The molecule has 0 bridgehead atoms. The Labute approximate surface area is 123 Å². The molecule has 0 saturated carbocycles. The van der Waals surface area contributed by atoms with Crippen LogP contribution in [0.15, 0.2) is 36.8 Å². The summed E-state index contributed by atoms with van der Waals surface area (Å²) in [5.41, 5.74) is 2.05. The molecule has 1 aromatic heterocycles. The number of aromatic nitrogens is 2. The number of H-pyrrole nitrogens is 1. The maximum absolute atomic E-state index is 12.2. The minimum atomic E-state index is -0.196. The Hall–Kier alpha value is -2.63. The molecular weight excluding hydrogens is 268 g/mol. The Balaban J connectivity index is 2.03. The molecule has 1 heterocycles. The maximum atomic E-state index is 12.2. The number of rotatable bonds is 5. The molecule has 0 aliphatic rings. The SMILES string of the molecule is CC(=O)N(C)c1ccccc1C(=O)NCCc1cnc[nH]1. The van der Waals surface area contributed by atoms with Crippen molar-refractivity contribution in [3.05, 3.63) is 48.0 Å². The highest BCUT2D eigenvalue weighted by molar-refractivity contribution is 6.04. The normalized spacial score (nSPS) is 10.2. The molecule has 0 aliphatic heterocycles. The lowest BCUT2D eigenvalue weighted by molar-refractivity contribution is -0.116. The summed E-state index contributed by atoms with van der Waals surface area (Å²) in [5.74, 6) is -0.314. The molecule has 0 radical (unpaired) electrons. The van der Waals surface area contributed by atoms with Crippen molar-refractivity contribution < 1.29 is 9.59 Å². The molecule has 2 N–H and O–H groups in total. The molecule has 0 aliphatic carbocycles. The van der Waals surface area contributed by atoms with Gasteiger partial charge in [0.2, 0.25) is 5.91 Å². The predicted octanol–water partition coefficient (Wildman–Crippen LogP) is 1.36. The van der Waals surface area contributed by atoms with Gasteiger partial charge in [-0.2, -0.15) is 0 Å². The van der Waals surface area contributed by atoms with Gasteiger partial charge in [0, 0.05) is 38.8 Å². The molecule has 0 saturated heterocycles.